The first kappa shape index (κ1) is 25.9. The Morgan fingerprint density at radius 2 is 1.76 bits per heavy atom. The van der Waals surface area contributed by atoms with Crippen LogP contribution in [-0.4, -0.2) is 17.6 Å². The number of thioether (sulfide) groups is 1. The van der Waals surface area contributed by atoms with Crippen LogP contribution < -0.4 is 16.0 Å². The molecule has 0 saturated heterocycles. The van der Waals surface area contributed by atoms with Crippen LogP contribution in [0.1, 0.15) is 36.7 Å². The van der Waals surface area contributed by atoms with E-state index in [1.807, 2.05) is 62.4 Å². The Hall–Kier alpha value is -4.22. The van der Waals surface area contributed by atoms with Gasteiger partial charge >= 0.3 is 0 Å². The molecule has 0 spiro atoms. The number of nitrogens with one attached hydrogen (secondary N) is 3. The molecule has 0 fully saturated rings. The highest BCUT2D eigenvalue weighted by molar-refractivity contribution is 8.03. The lowest BCUT2D eigenvalue weighted by atomic mass is 9.85. The fourth-order valence-electron chi connectivity index (χ4n) is 4.24. The number of hydrogen-bond acceptors (Lipinski definition) is 6. The molecule has 0 saturated carbocycles. The van der Waals surface area contributed by atoms with Crippen LogP contribution in [0.2, 0.25) is 0 Å². The zero-order chi connectivity index (χ0) is 26.4. The van der Waals surface area contributed by atoms with E-state index in [4.69, 9.17) is 4.42 Å². The quantitative estimate of drug-likeness (QED) is 0.349. The largest absolute Gasteiger partial charge is 0.468 e. The zero-order valence-corrected chi connectivity index (χ0v) is 21.7. The third-order valence-corrected chi connectivity index (χ3v) is 7.15. The predicted octanol–water partition coefficient (Wildman–Crippen LogP) is 5.86. The van der Waals surface area contributed by atoms with Gasteiger partial charge in [0.1, 0.15) is 5.76 Å². The topological polar surface area (TPSA) is 107 Å². The van der Waals surface area contributed by atoms with Gasteiger partial charge in [-0.25, -0.2) is 0 Å². The highest BCUT2D eigenvalue weighted by Crippen LogP contribution is 2.41. The number of dihydropyridines is 1. The Kier molecular flexibility index (Phi) is 8.16. The normalized spacial score (nSPS) is 15.1. The second-order valence-electron chi connectivity index (χ2n) is 8.58. The second-order valence-corrected chi connectivity index (χ2v) is 9.57. The molecule has 1 aromatic heterocycles. The molecule has 2 aromatic carbocycles. The lowest BCUT2D eigenvalue weighted by Crippen LogP contribution is -2.31. The molecule has 0 radical (unpaired) electrons. The summed E-state index contributed by atoms with van der Waals surface area (Å²) in [5.41, 5.74) is 4.75. The summed E-state index contributed by atoms with van der Waals surface area (Å²) in [5.74, 6) is -0.652. The molecule has 3 aromatic rings. The molecule has 7 nitrogen and oxygen atoms in total. The minimum atomic E-state index is -0.711. The lowest BCUT2D eigenvalue weighted by Gasteiger charge is -2.28. The van der Waals surface area contributed by atoms with Gasteiger partial charge in [0.15, 0.2) is 0 Å². The van der Waals surface area contributed by atoms with Crippen LogP contribution in [0.15, 0.2) is 93.2 Å². The summed E-state index contributed by atoms with van der Waals surface area (Å²) in [6.07, 6.45) is 2.32. The second kappa shape index (κ2) is 11.7. The number of para-hydroxylation sites is 2. The number of aryl methyl sites for hydroxylation is 2. The van der Waals surface area contributed by atoms with E-state index in [1.165, 1.54) is 18.0 Å². The van der Waals surface area contributed by atoms with Crippen molar-refractivity contribution in [2.75, 3.05) is 16.4 Å². The third kappa shape index (κ3) is 5.79. The van der Waals surface area contributed by atoms with Crippen molar-refractivity contribution in [2.24, 2.45) is 0 Å². The van der Waals surface area contributed by atoms with E-state index in [2.05, 4.69) is 22.0 Å². The van der Waals surface area contributed by atoms with E-state index in [0.29, 0.717) is 33.3 Å². The summed E-state index contributed by atoms with van der Waals surface area (Å²) in [6, 6.07) is 20.9. The van der Waals surface area contributed by atoms with E-state index < -0.39 is 5.92 Å². The molecule has 0 bridgehead atoms. The van der Waals surface area contributed by atoms with Gasteiger partial charge in [0, 0.05) is 17.1 Å². The number of allylic oxidation sites excluding steroid dienone is 2. The number of amides is 2. The molecular weight excluding hydrogens is 484 g/mol. The summed E-state index contributed by atoms with van der Waals surface area (Å²) in [6.45, 7) is 5.74. The minimum absolute atomic E-state index is 0.0917. The SMILES string of the molecule is CCc1ccccc1NC(=O)CSC1=C(C#N)[C@@H](c2ccco2)C(C(=O)Nc2ccccc2C)=C(C)N1. The molecule has 1 aliphatic heterocycles. The standard InChI is InChI=1S/C29H28N4O3S/c1-4-20-11-6-8-13-23(20)32-25(34)17-37-29-21(16-30)27(24-14-9-15-36-24)26(19(3)31-29)28(35)33-22-12-7-5-10-18(22)2/h5-15,27,31H,4,17H2,1-3H3,(H,32,34)(H,33,35)/t27-/m0/s1. The van der Waals surface area contributed by atoms with Gasteiger partial charge < -0.3 is 20.4 Å². The van der Waals surface area contributed by atoms with Crippen molar-refractivity contribution in [1.82, 2.24) is 5.32 Å². The molecule has 1 atom stereocenters. The molecule has 0 unspecified atom stereocenters. The van der Waals surface area contributed by atoms with Gasteiger partial charge in [-0.05, 0) is 55.7 Å². The third-order valence-electron chi connectivity index (χ3n) is 6.13. The average Bonchev–Trinajstić information content (AvgIpc) is 3.43. The number of carbonyl (C=O) groups excluding carboxylic acids is 2. The molecular formula is C29H28N4O3S. The van der Waals surface area contributed by atoms with E-state index in [1.54, 1.807) is 19.1 Å². The maximum absolute atomic E-state index is 13.5. The van der Waals surface area contributed by atoms with Crippen molar-refractivity contribution in [1.29, 1.82) is 5.26 Å². The molecule has 188 valence electrons. The lowest BCUT2D eigenvalue weighted by molar-refractivity contribution is -0.114. The van der Waals surface area contributed by atoms with Crippen LogP contribution in [0, 0.1) is 18.3 Å². The highest BCUT2D eigenvalue weighted by atomic mass is 32.2. The van der Waals surface area contributed by atoms with Crippen LogP contribution in [0.25, 0.3) is 0 Å². The van der Waals surface area contributed by atoms with Crippen molar-refractivity contribution < 1.29 is 14.0 Å². The van der Waals surface area contributed by atoms with Gasteiger partial charge in [0.2, 0.25) is 5.91 Å². The first-order valence-electron chi connectivity index (χ1n) is 12.0. The number of benzene rings is 2. The summed E-state index contributed by atoms with van der Waals surface area (Å²) in [7, 11) is 0. The molecule has 2 amide bonds. The predicted molar refractivity (Wildman–Crippen MR) is 147 cm³/mol. The maximum Gasteiger partial charge on any atom is 0.254 e. The van der Waals surface area contributed by atoms with Crippen molar-refractivity contribution in [3.8, 4) is 6.07 Å². The van der Waals surface area contributed by atoms with Gasteiger partial charge in [-0.3, -0.25) is 9.59 Å². The number of hydrogen-bond donors (Lipinski definition) is 3. The number of carbonyl (C=O) groups is 2. The van der Waals surface area contributed by atoms with Crippen LogP contribution >= 0.6 is 11.8 Å². The van der Waals surface area contributed by atoms with E-state index in [9.17, 15) is 14.9 Å². The summed E-state index contributed by atoms with van der Waals surface area (Å²) < 4.78 is 5.67. The first-order valence-corrected chi connectivity index (χ1v) is 12.9. The summed E-state index contributed by atoms with van der Waals surface area (Å²) in [4.78, 5) is 26.2. The van der Waals surface area contributed by atoms with Crippen molar-refractivity contribution in [3.63, 3.8) is 0 Å². The van der Waals surface area contributed by atoms with Crippen LogP contribution in [-0.2, 0) is 16.0 Å². The van der Waals surface area contributed by atoms with Crippen LogP contribution in [0.4, 0.5) is 11.4 Å². The first-order chi connectivity index (χ1) is 17.9. The van der Waals surface area contributed by atoms with Crippen LogP contribution in [0.5, 0.6) is 0 Å². The van der Waals surface area contributed by atoms with Crippen molar-refractivity contribution in [3.05, 3.63) is 106 Å². The number of furan rings is 1. The van der Waals surface area contributed by atoms with Crippen molar-refractivity contribution in [2.45, 2.75) is 33.1 Å². The summed E-state index contributed by atoms with van der Waals surface area (Å²) in [5, 5.41) is 19.8. The molecule has 37 heavy (non-hydrogen) atoms. The molecule has 2 heterocycles. The average molecular weight is 513 g/mol. The number of anilines is 2. The van der Waals surface area contributed by atoms with Crippen molar-refractivity contribution >= 4 is 35.0 Å². The minimum Gasteiger partial charge on any atom is -0.468 e. The molecule has 1 aliphatic rings. The van der Waals surface area contributed by atoms with Gasteiger partial charge in [-0.1, -0.05) is 55.1 Å². The number of nitriles is 1. The van der Waals surface area contributed by atoms with E-state index in [0.717, 1.165) is 23.2 Å². The number of nitrogens with zero attached hydrogens (tertiary/aromatic N) is 1. The number of rotatable bonds is 8. The molecule has 0 aliphatic carbocycles. The van der Waals surface area contributed by atoms with E-state index in [-0.39, 0.29) is 17.6 Å². The van der Waals surface area contributed by atoms with Gasteiger partial charge in [-0.2, -0.15) is 5.26 Å². The Labute approximate surface area is 220 Å². The maximum atomic E-state index is 13.5. The zero-order valence-electron chi connectivity index (χ0n) is 20.9. The Morgan fingerprint density at radius 1 is 1.03 bits per heavy atom. The Morgan fingerprint density at radius 3 is 2.43 bits per heavy atom. The van der Waals surface area contributed by atoms with Gasteiger partial charge in [0.25, 0.3) is 5.91 Å². The monoisotopic (exact) mass is 512 g/mol. The highest BCUT2D eigenvalue weighted by Gasteiger charge is 2.36. The van der Waals surface area contributed by atoms with Gasteiger partial charge in [0.05, 0.1) is 40.2 Å². The molecule has 8 heteroatoms. The fraction of sp³-hybridized carbons (Fsp3) is 0.207. The molecule has 3 N–H and O–H groups in total. The van der Waals surface area contributed by atoms with Gasteiger partial charge in [-0.15, -0.1) is 0 Å². The Balaban J connectivity index is 1.59. The molecule has 4 rings (SSSR count). The van der Waals surface area contributed by atoms with E-state index >= 15 is 0 Å². The fourth-order valence-corrected chi connectivity index (χ4v) is 5.14. The van der Waals surface area contributed by atoms with Crippen LogP contribution in [0.3, 0.4) is 0 Å². The summed E-state index contributed by atoms with van der Waals surface area (Å²) >= 11 is 1.22. The smallest absolute Gasteiger partial charge is 0.254 e. The Bertz CT molecular complexity index is 1420.